The Bertz CT molecular complexity index is 416. The normalized spacial score (nSPS) is 9.62. The van der Waals surface area contributed by atoms with Crippen LogP contribution >= 0.6 is 0 Å². The first-order valence-corrected chi connectivity index (χ1v) is 4.52. The van der Waals surface area contributed by atoms with E-state index < -0.39 is 11.9 Å². The van der Waals surface area contributed by atoms with Crippen LogP contribution in [0.4, 0.5) is 0 Å². The topological polar surface area (TPSA) is 65.7 Å². The molecule has 0 radical (unpaired) electrons. The summed E-state index contributed by atoms with van der Waals surface area (Å²) in [4.78, 5) is 22.4. The summed E-state index contributed by atoms with van der Waals surface area (Å²) in [6.45, 7) is 3.51. The second-order valence-electron chi connectivity index (χ2n) is 2.93. The van der Waals surface area contributed by atoms with Crippen LogP contribution in [0, 0.1) is 0 Å². The van der Waals surface area contributed by atoms with Crippen molar-refractivity contribution in [3.8, 4) is 0 Å². The highest BCUT2D eigenvalue weighted by Gasteiger charge is 2.20. The second kappa shape index (κ2) is 5.16. The zero-order valence-corrected chi connectivity index (χ0v) is 9.11. The number of hydrogen-bond donors (Lipinski definition) is 0. The maximum Gasteiger partial charge on any atom is 0.341 e. The van der Waals surface area contributed by atoms with Gasteiger partial charge in [0.1, 0.15) is 23.5 Å². The van der Waals surface area contributed by atoms with E-state index in [0.717, 1.165) is 0 Å². The molecule has 1 aromatic heterocycles. The van der Waals surface area contributed by atoms with Crippen LogP contribution in [0.2, 0.25) is 0 Å². The highest BCUT2D eigenvalue weighted by atomic mass is 16.5. The van der Waals surface area contributed by atoms with Crippen molar-refractivity contribution >= 4 is 18.0 Å². The van der Waals surface area contributed by atoms with Crippen molar-refractivity contribution in [2.45, 2.75) is 6.42 Å². The van der Waals surface area contributed by atoms with E-state index in [1.54, 1.807) is 0 Å². The molecule has 16 heavy (non-hydrogen) atoms. The summed E-state index contributed by atoms with van der Waals surface area (Å²) in [5, 5.41) is 0. The van der Waals surface area contributed by atoms with Gasteiger partial charge >= 0.3 is 11.9 Å². The van der Waals surface area contributed by atoms with E-state index in [2.05, 4.69) is 16.1 Å². The molecule has 0 atom stereocenters. The number of rotatable bonds is 4. The Balaban J connectivity index is 3.04. The van der Waals surface area contributed by atoms with Crippen molar-refractivity contribution in [2.24, 2.45) is 0 Å². The van der Waals surface area contributed by atoms with Crippen LogP contribution in [-0.2, 0) is 20.7 Å². The van der Waals surface area contributed by atoms with Crippen molar-refractivity contribution in [1.29, 1.82) is 0 Å². The summed E-state index contributed by atoms with van der Waals surface area (Å²) in [5.41, 5.74) is 0.211. The van der Waals surface area contributed by atoms with Crippen molar-refractivity contribution in [1.82, 2.24) is 0 Å². The van der Waals surface area contributed by atoms with E-state index >= 15 is 0 Å². The Kier molecular flexibility index (Phi) is 3.88. The predicted molar refractivity (Wildman–Crippen MR) is 55.9 cm³/mol. The van der Waals surface area contributed by atoms with Crippen molar-refractivity contribution in [2.75, 3.05) is 14.2 Å². The van der Waals surface area contributed by atoms with Crippen LogP contribution in [0.15, 0.2) is 17.1 Å². The molecule has 5 heteroatoms. The number of ether oxygens (including phenoxy) is 2. The Labute approximate surface area is 92.6 Å². The Morgan fingerprint density at radius 2 is 2.12 bits per heavy atom. The van der Waals surface area contributed by atoms with E-state index in [4.69, 9.17) is 4.42 Å². The molecule has 5 nitrogen and oxygen atoms in total. The first-order chi connectivity index (χ1) is 7.62. The smallest absolute Gasteiger partial charge is 0.341 e. The molecular weight excluding hydrogens is 212 g/mol. The van der Waals surface area contributed by atoms with Gasteiger partial charge in [-0.3, -0.25) is 4.79 Å². The monoisotopic (exact) mass is 224 g/mol. The van der Waals surface area contributed by atoms with Gasteiger partial charge in [0.05, 0.1) is 14.2 Å². The molecule has 0 saturated heterocycles. The molecule has 0 aromatic carbocycles. The average molecular weight is 224 g/mol. The van der Waals surface area contributed by atoms with Crippen molar-refractivity contribution in [3.63, 3.8) is 0 Å². The summed E-state index contributed by atoms with van der Waals surface area (Å²) >= 11 is 0. The molecule has 0 unspecified atom stereocenters. The lowest BCUT2D eigenvalue weighted by atomic mass is 10.2. The SMILES string of the molecule is C=Cc1cc(C(=O)OC)c(CC(=O)OC)o1. The maximum absolute atomic E-state index is 11.4. The molecule has 1 aromatic rings. The lowest BCUT2D eigenvalue weighted by Crippen LogP contribution is -2.09. The van der Waals surface area contributed by atoms with Gasteiger partial charge in [0.2, 0.25) is 0 Å². The lowest BCUT2D eigenvalue weighted by molar-refractivity contribution is -0.140. The van der Waals surface area contributed by atoms with E-state index in [0.29, 0.717) is 5.76 Å². The minimum absolute atomic E-state index is 0.116. The van der Waals surface area contributed by atoms with Gasteiger partial charge in [-0.25, -0.2) is 4.79 Å². The quantitative estimate of drug-likeness (QED) is 0.723. The number of carbonyl (C=O) groups is 2. The second-order valence-corrected chi connectivity index (χ2v) is 2.93. The van der Waals surface area contributed by atoms with E-state index in [1.165, 1.54) is 26.4 Å². The largest absolute Gasteiger partial charge is 0.469 e. The fourth-order valence-electron chi connectivity index (χ4n) is 1.17. The minimum atomic E-state index is -0.559. The molecule has 0 spiro atoms. The highest BCUT2D eigenvalue weighted by molar-refractivity contribution is 5.92. The van der Waals surface area contributed by atoms with Crippen LogP contribution in [0.3, 0.4) is 0 Å². The van der Waals surface area contributed by atoms with Gasteiger partial charge in [-0.2, -0.15) is 0 Å². The Hall–Kier alpha value is -2.04. The van der Waals surface area contributed by atoms with Crippen LogP contribution in [-0.4, -0.2) is 26.2 Å². The van der Waals surface area contributed by atoms with Gasteiger partial charge in [0.15, 0.2) is 0 Å². The molecule has 86 valence electrons. The molecule has 1 heterocycles. The van der Waals surface area contributed by atoms with Gasteiger partial charge in [-0.15, -0.1) is 0 Å². The maximum atomic E-state index is 11.4. The number of hydrogen-bond acceptors (Lipinski definition) is 5. The molecule has 1 rings (SSSR count). The highest BCUT2D eigenvalue weighted by Crippen LogP contribution is 2.18. The molecular formula is C11H12O5. The van der Waals surface area contributed by atoms with Crippen LogP contribution in [0.1, 0.15) is 21.9 Å². The zero-order chi connectivity index (χ0) is 12.1. The third kappa shape index (κ3) is 2.50. The summed E-state index contributed by atoms with van der Waals surface area (Å²) in [6, 6.07) is 1.47. The van der Waals surface area contributed by atoms with Gasteiger partial charge in [-0.1, -0.05) is 6.58 Å². The van der Waals surface area contributed by atoms with Gasteiger partial charge in [-0.05, 0) is 12.1 Å². The first-order valence-electron chi connectivity index (χ1n) is 4.52. The number of esters is 2. The molecule has 0 bridgehead atoms. The van der Waals surface area contributed by atoms with Gasteiger partial charge in [0, 0.05) is 0 Å². The molecule has 0 aliphatic heterocycles. The van der Waals surface area contributed by atoms with Gasteiger partial charge in [0.25, 0.3) is 0 Å². The predicted octanol–water partition coefficient (Wildman–Crippen LogP) is 1.42. The summed E-state index contributed by atoms with van der Waals surface area (Å²) in [6.07, 6.45) is 1.32. The molecule has 0 saturated carbocycles. The van der Waals surface area contributed by atoms with Crippen LogP contribution in [0.25, 0.3) is 6.08 Å². The molecule has 0 aliphatic rings. The summed E-state index contributed by atoms with van der Waals surface area (Å²) in [7, 11) is 2.52. The fourth-order valence-corrected chi connectivity index (χ4v) is 1.17. The third-order valence-corrected chi connectivity index (χ3v) is 1.97. The number of methoxy groups -OCH3 is 2. The Morgan fingerprint density at radius 1 is 1.44 bits per heavy atom. The molecule has 0 amide bonds. The summed E-state index contributed by atoms with van der Waals surface area (Å²) < 4.78 is 14.3. The Morgan fingerprint density at radius 3 is 2.62 bits per heavy atom. The standard InChI is InChI=1S/C11H12O5/c1-4-7-5-8(11(13)15-3)9(16-7)6-10(12)14-2/h4-5H,1,6H2,2-3H3. The van der Waals surface area contributed by atoms with E-state index in [9.17, 15) is 9.59 Å². The van der Waals surface area contributed by atoms with Crippen molar-refractivity contribution in [3.05, 3.63) is 29.7 Å². The number of carbonyl (C=O) groups excluding carboxylic acids is 2. The number of furan rings is 1. The molecule has 0 fully saturated rings. The van der Waals surface area contributed by atoms with E-state index in [1.807, 2.05) is 0 Å². The fraction of sp³-hybridized carbons (Fsp3) is 0.273. The van der Waals surface area contributed by atoms with E-state index in [-0.39, 0.29) is 17.7 Å². The average Bonchev–Trinajstić information content (AvgIpc) is 2.71. The van der Waals surface area contributed by atoms with Crippen LogP contribution < -0.4 is 0 Å². The minimum Gasteiger partial charge on any atom is -0.469 e. The molecule has 0 N–H and O–H groups in total. The lowest BCUT2D eigenvalue weighted by Gasteiger charge is -1.99. The molecule has 0 aliphatic carbocycles. The van der Waals surface area contributed by atoms with Gasteiger partial charge < -0.3 is 13.9 Å². The zero-order valence-electron chi connectivity index (χ0n) is 9.11. The summed E-state index contributed by atoms with van der Waals surface area (Å²) in [5.74, 6) is -0.432. The first kappa shape index (κ1) is 12.0. The van der Waals surface area contributed by atoms with Crippen molar-refractivity contribution < 1.29 is 23.5 Å². The van der Waals surface area contributed by atoms with Crippen LogP contribution in [0.5, 0.6) is 0 Å². The third-order valence-electron chi connectivity index (χ3n) is 1.97.